The van der Waals surface area contributed by atoms with Gasteiger partial charge in [0.25, 0.3) is 5.91 Å². The Labute approximate surface area is 131 Å². The lowest BCUT2D eigenvalue weighted by Gasteiger charge is -2.02. The maximum Gasteiger partial charge on any atom is 0.253 e. The van der Waals surface area contributed by atoms with Crippen molar-refractivity contribution in [2.24, 2.45) is 0 Å². The summed E-state index contributed by atoms with van der Waals surface area (Å²) >= 11 is 0. The third-order valence-electron chi connectivity index (χ3n) is 3.29. The van der Waals surface area contributed by atoms with Gasteiger partial charge >= 0.3 is 0 Å². The lowest BCUT2D eigenvalue weighted by Crippen LogP contribution is -2.23. The lowest BCUT2D eigenvalue weighted by atomic mass is 10.2. The number of benzene rings is 1. The normalized spacial score (nSPS) is 10.3. The molecule has 1 amide bonds. The van der Waals surface area contributed by atoms with Crippen molar-refractivity contribution in [3.8, 4) is 11.8 Å². The fourth-order valence-corrected chi connectivity index (χ4v) is 2.11. The number of amides is 1. The quantitative estimate of drug-likeness (QED) is 0.764. The molecule has 2 N–H and O–H groups in total. The summed E-state index contributed by atoms with van der Waals surface area (Å²) in [5.74, 6) is 1.10. The molecule has 7 heteroatoms. The number of imidazole rings is 1. The second-order valence-corrected chi connectivity index (χ2v) is 4.79. The Morgan fingerprint density at radius 3 is 2.96 bits per heavy atom. The number of nitrogens with one attached hydrogen (secondary N) is 2. The number of fused-ring (bicyclic) bond motifs is 1. The summed E-state index contributed by atoms with van der Waals surface area (Å²) in [5.41, 5.74) is 2.30. The zero-order valence-electron chi connectivity index (χ0n) is 12.3. The third-order valence-corrected chi connectivity index (χ3v) is 3.29. The molecule has 0 aliphatic rings. The number of rotatable bonds is 4. The van der Waals surface area contributed by atoms with Crippen molar-refractivity contribution in [3.63, 3.8) is 0 Å². The van der Waals surface area contributed by atoms with E-state index in [2.05, 4.69) is 20.3 Å². The maximum atomic E-state index is 12.0. The van der Waals surface area contributed by atoms with Crippen LogP contribution >= 0.6 is 0 Å². The molecule has 2 heterocycles. The molecule has 0 aliphatic heterocycles. The van der Waals surface area contributed by atoms with E-state index in [-0.39, 0.29) is 18.1 Å². The second-order valence-electron chi connectivity index (χ2n) is 4.79. The molecule has 0 aliphatic carbocycles. The van der Waals surface area contributed by atoms with Crippen molar-refractivity contribution in [2.45, 2.75) is 6.54 Å². The number of aromatic nitrogens is 3. The predicted octanol–water partition coefficient (Wildman–Crippen LogP) is 1.77. The van der Waals surface area contributed by atoms with E-state index in [0.717, 1.165) is 16.8 Å². The number of H-pyrrole nitrogens is 1. The van der Waals surface area contributed by atoms with Gasteiger partial charge in [-0.3, -0.25) is 4.79 Å². The molecule has 0 atom stereocenters. The Bertz CT molecular complexity index is 893. The van der Waals surface area contributed by atoms with Gasteiger partial charge in [0.05, 0.1) is 30.3 Å². The molecular formula is C16H13N5O2. The van der Waals surface area contributed by atoms with Crippen LogP contribution in [0.25, 0.3) is 11.0 Å². The number of nitrogens with zero attached hydrogens (tertiary/aromatic N) is 3. The van der Waals surface area contributed by atoms with Crippen LogP contribution in [0.4, 0.5) is 0 Å². The molecule has 0 bridgehead atoms. The van der Waals surface area contributed by atoms with Crippen molar-refractivity contribution in [3.05, 3.63) is 53.6 Å². The van der Waals surface area contributed by atoms with E-state index >= 15 is 0 Å². The van der Waals surface area contributed by atoms with Gasteiger partial charge in [-0.25, -0.2) is 9.97 Å². The van der Waals surface area contributed by atoms with Crippen LogP contribution in [0.15, 0.2) is 36.5 Å². The Kier molecular flexibility index (Phi) is 3.89. The zero-order valence-corrected chi connectivity index (χ0v) is 12.3. The molecule has 1 aromatic carbocycles. The van der Waals surface area contributed by atoms with Gasteiger partial charge in [-0.05, 0) is 24.3 Å². The van der Waals surface area contributed by atoms with Crippen molar-refractivity contribution >= 4 is 16.9 Å². The molecule has 114 valence electrons. The number of nitriles is 1. The zero-order chi connectivity index (χ0) is 16.2. The van der Waals surface area contributed by atoms with Crippen LogP contribution < -0.4 is 10.1 Å². The molecular weight excluding hydrogens is 294 g/mol. The highest BCUT2D eigenvalue weighted by Gasteiger charge is 2.08. The van der Waals surface area contributed by atoms with Crippen molar-refractivity contribution in [1.29, 1.82) is 5.26 Å². The van der Waals surface area contributed by atoms with Gasteiger partial charge in [0, 0.05) is 12.3 Å². The number of carbonyl (C=O) groups excluding carboxylic acids is 1. The average molecular weight is 307 g/mol. The second kappa shape index (κ2) is 6.15. The molecule has 0 spiro atoms. The van der Waals surface area contributed by atoms with Crippen LogP contribution in [0.1, 0.15) is 21.9 Å². The Balaban J connectivity index is 1.69. The molecule has 23 heavy (non-hydrogen) atoms. The predicted molar refractivity (Wildman–Crippen MR) is 82.8 cm³/mol. The molecule has 0 radical (unpaired) electrons. The fourth-order valence-electron chi connectivity index (χ4n) is 2.11. The lowest BCUT2D eigenvalue weighted by molar-refractivity contribution is 0.0949. The van der Waals surface area contributed by atoms with Crippen LogP contribution in [0.2, 0.25) is 0 Å². The van der Waals surface area contributed by atoms with Crippen molar-refractivity contribution < 1.29 is 9.53 Å². The summed E-state index contributed by atoms with van der Waals surface area (Å²) in [6.07, 6.45) is 1.37. The number of hydrogen-bond donors (Lipinski definition) is 2. The van der Waals surface area contributed by atoms with Crippen LogP contribution in [-0.4, -0.2) is 28.0 Å². The Morgan fingerprint density at radius 2 is 2.26 bits per heavy atom. The first-order chi connectivity index (χ1) is 11.2. The van der Waals surface area contributed by atoms with E-state index in [0.29, 0.717) is 11.4 Å². The van der Waals surface area contributed by atoms with Gasteiger partial charge in [-0.2, -0.15) is 5.26 Å². The minimum Gasteiger partial charge on any atom is -0.497 e. The highest BCUT2D eigenvalue weighted by atomic mass is 16.5. The summed E-state index contributed by atoms with van der Waals surface area (Å²) in [6, 6.07) is 10.5. The highest BCUT2D eigenvalue weighted by molar-refractivity contribution is 5.93. The van der Waals surface area contributed by atoms with Crippen molar-refractivity contribution in [1.82, 2.24) is 20.3 Å². The van der Waals surface area contributed by atoms with Gasteiger partial charge in [-0.1, -0.05) is 0 Å². The van der Waals surface area contributed by atoms with Crippen LogP contribution in [0.5, 0.6) is 5.75 Å². The number of carbonyl (C=O) groups is 1. The number of aromatic amines is 1. The smallest absolute Gasteiger partial charge is 0.253 e. The summed E-state index contributed by atoms with van der Waals surface area (Å²) in [5, 5.41) is 11.4. The number of methoxy groups -OCH3 is 1. The van der Waals surface area contributed by atoms with E-state index in [1.807, 2.05) is 24.3 Å². The van der Waals surface area contributed by atoms with E-state index in [1.54, 1.807) is 13.2 Å². The third kappa shape index (κ3) is 3.11. The molecule has 0 saturated carbocycles. The van der Waals surface area contributed by atoms with E-state index in [1.165, 1.54) is 12.3 Å². The fraction of sp³-hybridized carbons (Fsp3) is 0.125. The molecule has 0 fully saturated rings. The van der Waals surface area contributed by atoms with Gasteiger partial charge in [0.1, 0.15) is 23.3 Å². The van der Waals surface area contributed by atoms with Crippen LogP contribution in [-0.2, 0) is 6.54 Å². The first-order valence-electron chi connectivity index (χ1n) is 6.86. The molecule has 2 aromatic heterocycles. The molecule has 3 rings (SSSR count). The van der Waals surface area contributed by atoms with Crippen LogP contribution in [0, 0.1) is 11.3 Å². The average Bonchev–Trinajstić information content (AvgIpc) is 3.01. The van der Waals surface area contributed by atoms with Crippen molar-refractivity contribution in [2.75, 3.05) is 7.11 Å². The highest BCUT2D eigenvalue weighted by Crippen LogP contribution is 2.18. The van der Waals surface area contributed by atoms with Crippen LogP contribution in [0.3, 0.4) is 0 Å². The number of ether oxygens (including phenoxy) is 1. The van der Waals surface area contributed by atoms with E-state index in [4.69, 9.17) is 10.00 Å². The summed E-state index contributed by atoms with van der Waals surface area (Å²) < 4.78 is 5.16. The molecule has 7 nitrogen and oxygen atoms in total. The number of pyridine rings is 1. The van der Waals surface area contributed by atoms with Gasteiger partial charge in [-0.15, -0.1) is 0 Å². The summed E-state index contributed by atoms with van der Waals surface area (Å²) in [6.45, 7) is 0.260. The monoisotopic (exact) mass is 307 g/mol. The maximum absolute atomic E-state index is 12.0. The topological polar surface area (TPSA) is 104 Å². The van der Waals surface area contributed by atoms with E-state index in [9.17, 15) is 4.79 Å². The first-order valence-corrected chi connectivity index (χ1v) is 6.86. The largest absolute Gasteiger partial charge is 0.497 e. The molecule has 0 saturated heterocycles. The Morgan fingerprint density at radius 1 is 1.39 bits per heavy atom. The number of hydrogen-bond acceptors (Lipinski definition) is 5. The Hall–Kier alpha value is -3.40. The molecule has 3 aromatic rings. The minimum atomic E-state index is -0.278. The van der Waals surface area contributed by atoms with Gasteiger partial charge in [0.2, 0.25) is 0 Å². The van der Waals surface area contributed by atoms with E-state index < -0.39 is 0 Å². The minimum absolute atomic E-state index is 0.260. The summed E-state index contributed by atoms with van der Waals surface area (Å²) in [4.78, 5) is 23.4. The SMILES string of the molecule is COc1ccc2nc(CNC(=O)c3ccc(C#N)nc3)[nH]c2c1. The van der Waals surface area contributed by atoms with Gasteiger partial charge < -0.3 is 15.0 Å². The standard InChI is InChI=1S/C16H13N5O2/c1-23-12-4-5-13-14(6-12)21-15(20-13)9-19-16(22)10-2-3-11(7-17)18-8-10/h2-6,8H,9H2,1H3,(H,19,22)(H,20,21). The van der Waals surface area contributed by atoms with Gasteiger partial charge in [0.15, 0.2) is 0 Å². The summed E-state index contributed by atoms with van der Waals surface area (Å²) in [7, 11) is 1.60. The molecule has 0 unspecified atom stereocenters. The first kappa shape index (κ1) is 14.5.